The molecule has 2 amide bonds. The molecular formula is C42H48Cl2N6O6. The average molecular weight is 804 g/mol. The van der Waals surface area contributed by atoms with Crippen molar-refractivity contribution < 1.29 is 28.7 Å². The summed E-state index contributed by atoms with van der Waals surface area (Å²) in [6.45, 7) is 14.3. The molecule has 2 atom stereocenters. The van der Waals surface area contributed by atoms with Crippen LogP contribution < -0.4 is 16.4 Å². The van der Waals surface area contributed by atoms with Crippen LogP contribution in [-0.2, 0) is 20.7 Å². The Morgan fingerprint density at radius 3 is 1.91 bits per heavy atom. The fourth-order valence-corrected chi connectivity index (χ4v) is 5.31. The second-order valence-corrected chi connectivity index (χ2v) is 15.3. The number of nitrogens with two attached hydrogens (primary N) is 1. The van der Waals surface area contributed by atoms with E-state index < -0.39 is 29.4 Å². The summed E-state index contributed by atoms with van der Waals surface area (Å²) in [6.07, 6.45) is 3.12. The number of nitrogens with zero attached hydrogens (tertiary/aromatic N) is 3. The molecule has 0 aliphatic rings. The van der Waals surface area contributed by atoms with Gasteiger partial charge in [-0.2, -0.15) is 0 Å². The molecule has 0 aliphatic heterocycles. The predicted molar refractivity (Wildman–Crippen MR) is 221 cm³/mol. The number of fused-ring (bicyclic) bond motifs is 1. The van der Waals surface area contributed by atoms with Crippen LogP contribution in [0.3, 0.4) is 0 Å². The van der Waals surface area contributed by atoms with Crippen molar-refractivity contribution in [3.63, 3.8) is 0 Å². The van der Waals surface area contributed by atoms with Crippen molar-refractivity contribution in [1.82, 2.24) is 25.6 Å². The number of nitrogen functional groups attached to an aromatic ring is 1. The third-order valence-corrected chi connectivity index (χ3v) is 8.08. The van der Waals surface area contributed by atoms with Crippen molar-refractivity contribution in [2.75, 3.05) is 5.73 Å². The maximum atomic E-state index is 12.2. The van der Waals surface area contributed by atoms with Crippen molar-refractivity contribution in [2.24, 2.45) is 0 Å². The van der Waals surface area contributed by atoms with E-state index in [1.807, 2.05) is 76.2 Å². The molecule has 0 saturated heterocycles. The van der Waals surface area contributed by atoms with Gasteiger partial charge < -0.3 is 25.8 Å². The van der Waals surface area contributed by atoms with Crippen molar-refractivity contribution in [3.05, 3.63) is 118 Å². The van der Waals surface area contributed by atoms with Gasteiger partial charge in [-0.05, 0) is 110 Å². The number of hydrogen-bond donors (Lipinski definition) is 3. The molecule has 0 fully saturated rings. The second-order valence-electron chi connectivity index (χ2n) is 14.5. The van der Waals surface area contributed by atoms with Crippen LogP contribution in [0.2, 0.25) is 10.0 Å². The van der Waals surface area contributed by atoms with Gasteiger partial charge in [0.25, 0.3) is 0 Å². The maximum absolute atomic E-state index is 12.2. The normalized spacial score (nSPS) is 12.0. The van der Waals surface area contributed by atoms with Crippen LogP contribution in [0.15, 0.2) is 91.3 Å². The van der Waals surface area contributed by atoms with E-state index in [0.29, 0.717) is 39.0 Å². The summed E-state index contributed by atoms with van der Waals surface area (Å²) < 4.78 is 10.5. The number of aromatic nitrogens is 3. The lowest BCUT2D eigenvalue weighted by molar-refractivity contribution is -0.120. The van der Waals surface area contributed by atoms with E-state index >= 15 is 0 Å². The minimum absolute atomic E-state index is 0.107. The first-order chi connectivity index (χ1) is 26.3. The largest absolute Gasteiger partial charge is 0.444 e. The van der Waals surface area contributed by atoms with Gasteiger partial charge in [-0.15, -0.1) is 0 Å². The summed E-state index contributed by atoms with van der Waals surface area (Å²) >= 11 is 12.0. The molecule has 3 heterocycles. The lowest BCUT2D eigenvalue weighted by Crippen LogP contribution is -2.42. The molecular weight excluding hydrogens is 755 g/mol. The van der Waals surface area contributed by atoms with E-state index in [0.717, 1.165) is 22.2 Å². The fourth-order valence-electron chi connectivity index (χ4n) is 4.86. The lowest BCUT2D eigenvalue weighted by atomic mass is 10.0. The molecule has 296 valence electrons. The molecule has 14 heteroatoms. The van der Waals surface area contributed by atoms with Crippen LogP contribution in [0.5, 0.6) is 0 Å². The van der Waals surface area contributed by atoms with Crippen LogP contribution in [0.1, 0.15) is 83.2 Å². The molecule has 0 aliphatic carbocycles. The Kier molecular flexibility index (Phi) is 16.3. The number of pyridine rings is 3. The smallest absolute Gasteiger partial charge is 0.408 e. The average Bonchev–Trinajstić information content (AvgIpc) is 3.11. The van der Waals surface area contributed by atoms with E-state index in [4.69, 9.17) is 43.4 Å². The summed E-state index contributed by atoms with van der Waals surface area (Å²) in [5.41, 5.74) is 8.78. The van der Waals surface area contributed by atoms with Gasteiger partial charge in [0.15, 0.2) is 12.1 Å². The maximum Gasteiger partial charge on any atom is 0.408 e. The van der Waals surface area contributed by atoms with E-state index in [-0.39, 0.29) is 18.2 Å². The first-order valence-electron chi connectivity index (χ1n) is 17.7. The zero-order chi connectivity index (χ0) is 41.6. The van der Waals surface area contributed by atoms with Crippen LogP contribution in [-0.4, -0.2) is 56.5 Å². The van der Waals surface area contributed by atoms with Crippen LogP contribution in [0.25, 0.3) is 22.2 Å². The van der Waals surface area contributed by atoms with Gasteiger partial charge in [0.2, 0.25) is 0 Å². The topological polar surface area (TPSA) is 175 Å². The number of ether oxygens (including phenoxy) is 2. The number of nitrogens with one attached hydrogen (secondary N) is 2. The van der Waals surface area contributed by atoms with E-state index in [9.17, 15) is 19.2 Å². The predicted octanol–water partition coefficient (Wildman–Crippen LogP) is 9.38. The highest BCUT2D eigenvalue weighted by Crippen LogP contribution is 2.32. The van der Waals surface area contributed by atoms with Crippen molar-refractivity contribution >= 4 is 64.0 Å². The summed E-state index contributed by atoms with van der Waals surface area (Å²) in [5, 5.41) is 7.24. The molecule has 2 unspecified atom stereocenters. The number of rotatable bonds is 8. The number of hydrogen-bond acceptors (Lipinski definition) is 10. The molecule has 56 heavy (non-hydrogen) atoms. The molecule has 12 nitrogen and oxygen atoms in total. The molecule has 5 rings (SSSR count). The quantitative estimate of drug-likeness (QED) is 0.101. The molecule has 4 N–H and O–H groups in total. The highest BCUT2D eigenvalue weighted by atomic mass is 35.5. The minimum Gasteiger partial charge on any atom is -0.444 e. The van der Waals surface area contributed by atoms with Crippen molar-refractivity contribution in [1.29, 1.82) is 0 Å². The number of amides is 2. The Morgan fingerprint density at radius 2 is 1.38 bits per heavy atom. The van der Waals surface area contributed by atoms with Gasteiger partial charge in [-0.1, -0.05) is 47.5 Å². The monoisotopic (exact) mass is 802 g/mol. The highest BCUT2D eigenvalue weighted by molar-refractivity contribution is 6.35. The molecule has 5 aromatic rings. The van der Waals surface area contributed by atoms with Gasteiger partial charge in [0.1, 0.15) is 11.2 Å². The standard InChI is InChI=1S/C21H22ClN3O2.C14H20N2O3.C7H6ClNO/c1-13(24-20(26)27-21(2,3)4)19-15(17-9-5-6-11-23-17)12-14-16(22)8-7-10-18(14)25-19;1-10(16-13(18)19-14(2,3)4)12(17)9-11-7-5-6-8-15-11;8-6-2-1-3-7(9)5(6)4-10/h5-13H,1-4H3,(H,24,26);5-8,10H,9H2,1-4H3,(H,16,18);1-4H,9H2. The number of carbonyl (C=O) groups excluding carboxylic acids is 4. The first kappa shape index (κ1) is 44.8. The van der Waals surface area contributed by atoms with Crippen LogP contribution in [0.4, 0.5) is 15.3 Å². The number of anilines is 1. The lowest BCUT2D eigenvalue weighted by Gasteiger charge is -2.23. The minimum atomic E-state index is -0.600. The van der Waals surface area contributed by atoms with Crippen LogP contribution in [0, 0.1) is 0 Å². The van der Waals surface area contributed by atoms with E-state index in [1.165, 1.54) is 0 Å². The van der Waals surface area contributed by atoms with E-state index in [1.54, 1.807) is 70.4 Å². The Labute approximate surface area is 337 Å². The van der Waals surface area contributed by atoms with Gasteiger partial charge in [-0.25, -0.2) is 14.6 Å². The molecule has 0 spiro atoms. The fraction of sp³-hybridized carbons (Fsp3) is 0.310. The second kappa shape index (κ2) is 20.4. The number of alkyl carbamates (subject to hydrolysis) is 2. The van der Waals surface area contributed by atoms with E-state index in [2.05, 4.69) is 20.6 Å². The molecule has 2 aromatic carbocycles. The summed E-state index contributed by atoms with van der Waals surface area (Å²) in [4.78, 5) is 59.2. The Morgan fingerprint density at radius 1 is 0.786 bits per heavy atom. The number of aldehydes is 1. The molecule has 3 aromatic heterocycles. The number of benzene rings is 2. The van der Waals surface area contributed by atoms with Crippen LogP contribution >= 0.6 is 23.2 Å². The first-order valence-corrected chi connectivity index (χ1v) is 18.4. The Bertz CT molecular complexity index is 2080. The molecule has 0 bridgehead atoms. The van der Waals surface area contributed by atoms with Gasteiger partial charge in [0, 0.05) is 39.7 Å². The van der Waals surface area contributed by atoms with Crippen molar-refractivity contribution in [3.8, 4) is 11.3 Å². The highest BCUT2D eigenvalue weighted by Gasteiger charge is 2.23. The SMILES string of the molecule is CC(NC(=O)OC(C)(C)C)C(=O)Cc1ccccn1.CC(NC(=O)OC(C)(C)C)c1nc2cccc(Cl)c2cc1-c1ccccn1.Nc1cccc(Cl)c1C=O. The summed E-state index contributed by atoms with van der Waals surface area (Å²) in [5.74, 6) is -0.107. The number of Topliss-reactive ketones (excluding diaryl/α,β-unsaturated/α-hetero) is 1. The zero-order valence-electron chi connectivity index (χ0n) is 32.7. The molecule has 0 radical (unpaired) electrons. The number of ketones is 1. The van der Waals surface area contributed by atoms with Gasteiger partial charge in [0.05, 0.1) is 46.0 Å². The third-order valence-electron chi connectivity index (χ3n) is 7.42. The number of carbonyl (C=O) groups is 4. The van der Waals surface area contributed by atoms with Crippen molar-refractivity contribution in [2.45, 2.75) is 85.1 Å². The third kappa shape index (κ3) is 14.6. The number of halogens is 2. The summed E-state index contributed by atoms with van der Waals surface area (Å²) in [6, 6.07) is 22.6. The Hall–Kier alpha value is -5.59. The zero-order valence-corrected chi connectivity index (χ0v) is 34.2. The molecule has 0 saturated carbocycles. The van der Waals surface area contributed by atoms with Gasteiger partial charge in [-0.3, -0.25) is 19.6 Å². The van der Waals surface area contributed by atoms with Gasteiger partial charge >= 0.3 is 12.2 Å². The summed E-state index contributed by atoms with van der Waals surface area (Å²) in [7, 11) is 0. The Balaban J connectivity index is 0.000000251.